The van der Waals surface area contributed by atoms with E-state index in [1.54, 1.807) is 0 Å². The van der Waals surface area contributed by atoms with Crippen LogP contribution in [0.3, 0.4) is 0 Å². The zero-order valence-electron chi connectivity index (χ0n) is 26.3. The topological polar surface area (TPSA) is 27.7 Å². The Bertz CT molecular complexity index is 839. The highest BCUT2D eigenvalue weighted by Crippen LogP contribution is 2.27. The van der Waals surface area contributed by atoms with Crippen molar-refractivity contribution in [3.63, 3.8) is 0 Å². The number of hydrogen-bond donors (Lipinski definition) is 0. The molecule has 0 radical (unpaired) electrons. The van der Waals surface area contributed by atoms with Crippen molar-refractivity contribution in [2.24, 2.45) is 0 Å². The van der Waals surface area contributed by atoms with Crippen LogP contribution < -0.4 is 0 Å². The fourth-order valence-electron chi connectivity index (χ4n) is 6.05. The summed E-state index contributed by atoms with van der Waals surface area (Å²) in [5.41, 5.74) is 2.42. The van der Waals surface area contributed by atoms with Crippen LogP contribution in [0.15, 0.2) is 60.7 Å². The highest BCUT2D eigenvalue weighted by molar-refractivity contribution is 5.14. The molecule has 1 aliphatic rings. The van der Waals surface area contributed by atoms with Gasteiger partial charge in [0.1, 0.15) is 6.10 Å². The van der Waals surface area contributed by atoms with Crippen LogP contribution in [0, 0.1) is 0 Å². The molecule has 0 spiro atoms. The van der Waals surface area contributed by atoms with Gasteiger partial charge in [-0.25, -0.2) is 0 Å². The van der Waals surface area contributed by atoms with Crippen LogP contribution in [0.25, 0.3) is 0 Å². The largest absolute Gasteiger partial charge is 0.374 e. The summed E-state index contributed by atoms with van der Waals surface area (Å²) in [6, 6.07) is 20.9. The molecule has 0 aromatic heterocycles. The second kappa shape index (κ2) is 22.9. The summed E-state index contributed by atoms with van der Waals surface area (Å²) in [6.07, 6.45) is 26.3. The van der Waals surface area contributed by atoms with Gasteiger partial charge in [-0.3, -0.25) is 0 Å². The average molecular weight is 565 g/mol. The smallest absolute Gasteiger partial charge is 0.107 e. The minimum absolute atomic E-state index is 0.00207. The lowest BCUT2D eigenvalue weighted by Crippen LogP contribution is -2.43. The van der Waals surface area contributed by atoms with Gasteiger partial charge in [0, 0.05) is 0 Å². The maximum absolute atomic E-state index is 6.60. The normalized spacial score (nSPS) is 19.0. The molecule has 230 valence electrons. The van der Waals surface area contributed by atoms with Crippen LogP contribution in [0.4, 0.5) is 0 Å². The van der Waals surface area contributed by atoms with E-state index in [-0.39, 0.29) is 12.2 Å². The fraction of sp³-hybridized carbons (Fsp3) is 0.684. The molecular weight excluding hydrogens is 504 g/mol. The number of hydrogen-bond acceptors (Lipinski definition) is 3. The summed E-state index contributed by atoms with van der Waals surface area (Å²) in [7, 11) is 0. The first-order valence-electron chi connectivity index (χ1n) is 17.3. The second-order valence-corrected chi connectivity index (χ2v) is 12.3. The highest BCUT2D eigenvalue weighted by atomic mass is 16.6. The molecule has 1 saturated heterocycles. The monoisotopic (exact) mass is 564 g/mol. The minimum atomic E-state index is 0.00207. The van der Waals surface area contributed by atoms with Gasteiger partial charge in [0.05, 0.1) is 32.0 Å². The van der Waals surface area contributed by atoms with Crippen LogP contribution in [-0.4, -0.2) is 24.9 Å². The highest BCUT2D eigenvalue weighted by Gasteiger charge is 2.32. The zero-order chi connectivity index (χ0) is 28.6. The first-order valence-corrected chi connectivity index (χ1v) is 17.3. The molecule has 0 N–H and O–H groups in total. The van der Waals surface area contributed by atoms with Crippen molar-refractivity contribution in [3.05, 3.63) is 71.8 Å². The van der Waals surface area contributed by atoms with Gasteiger partial charge in [-0.05, 0) is 30.4 Å². The molecule has 3 heteroatoms. The molecule has 0 saturated carbocycles. The quantitative estimate of drug-likeness (QED) is 0.119. The summed E-state index contributed by atoms with van der Waals surface area (Å²) in [6.45, 7) is 4.14. The molecule has 2 aromatic carbocycles. The first-order chi connectivity index (χ1) is 20.3. The molecule has 1 fully saturated rings. The van der Waals surface area contributed by atoms with Gasteiger partial charge in [0.2, 0.25) is 0 Å². The Hall–Kier alpha value is -1.68. The molecule has 3 nitrogen and oxygen atoms in total. The van der Waals surface area contributed by atoms with Gasteiger partial charge < -0.3 is 14.2 Å². The Morgan fingerprint density at radius 2 is 1.07 bits per heavy atom. The third-order valence-corrected chi connectivity index (χ3v) is 8.64. The second-order valence-electron chi connectivity index (χ2n) is 12.3. The van der Waals surface area contributed by atoms with Crippen molar-refractivity contribution in [1.29, 1.82) is 0 Å². The van der Waals surface area contributed by atoms with Crippen molar-refractivity contribution in [1.82, 2.24) is 0 Å². The Morgan fingerprint density at radius 1 is 0.585 bits per heavy atom. The molecule has 0 aliphatic carbocycles. The van der Waals surface area contributed by atoms with E-state index in [9.17, 15) is 0 Å². The average Bonchev–Trinajstić information content (AvgIpc) is 3.01. The Balaban J connectivity index is 1.23. The summed E-state index contributed by atoms with van der Waals surface area (Å²) in [5.74, 6) is 0. The van der Waals surface area contributed by atoms with Crippen LogP contribution in [-0.2, 0) is 27.4 Å². The van der Waals surface area contributed by atoms with E-state index in [0.717, 1.165) is 12.8 Å². The molecule has 2 aromatic rings. The van der Waals surface area contributed by atoms with Gasteiger partial charge in [0.15, 0.2) is 0 Å². The molecular formula is C38H60O3. The van der Waals surface area contributed by atoms with Crippen molar-refractivity contribution in [2.75, 3.05) is 6.61 Å². The van der Waals surface area contributed by atoms with E-state index in [1.165, 1.54) is 120 Å². The van der Waals surface area contributed by atoms with Crippen LogP contribution >= 0.6 is 0 Å². The molecule has 1 aliphatic heterocycles. The summed E-state index contributed by atoms with van der Waals surface area (Å²) >= 11 is 0. The lowest BCUT2D eigenvalue weighted by Gasteiger charge is -2.36. The number of unbranched alkanes of at least 4 members (excludes halogenated alkanes) is 15. The van der Waals surface area contributed by atoms with Crippen LogP contribution in [0.2, 0.25) is 0 Å². The summed E-state index contributed by atoms with van der Waals surface area (Å²) in [4.78, 5) is 0. The molecule has 0 bridgehead atoms. The Kier molecular flexibility index (Phi) is 18.9. The summed E-state index contributed by atoms with van der Waals surface area (Å²) in [5, 5.41) is 0. The number of benzene rings is 2. The minimum Gasteiger partial charge on any atom is -0.374 e. The van der Waals surface area contributed by atoms with Crippen molar-refractivity contribution < 1.29 is 14.2 Å². The Labute approximate surface area is 252 Å². The summed E-state index contributed by atoms with van der Waals surface area (Å²) < 4.78 is 19.1. The van der Waals surface area contributed by atoms with Crippen LogP contribution in [0.5, 0.6) is 0 Å². The third kappa shape index (κ3) is 15.9. The molecule has 3 atom stereocenters. The van der Waals surface area contributed by atoms with Crippen molar-refractivity contribution in [2.45, 2.75) is 160 Å². The maximum Gasteiger partial charge on any atom is 0.107 e. The molecule has 3 rings (SSSR count). The lowest BCUT2D eigenvalue weighted by atomic mass is 9.97. The van der Waals surface area contributed by atoms with E-state index in [2.05, 4.69) is 61.5 Å². The van der Waals surface area contributed by atoms with E-state index in [4.69, 9.17) is 14.2 Å². The molecule has 1 heterocycles. The predicted molar refractivity (Wildman–Crippen MR) is 173 cm³/mol. The lowest BCUT2D eigenvalue weighted by molar-refractivity contribution is -0.167. The van der Waals surface area contributed by atoms with Crippen LogP contribution in [0.1, 0.15) is 140 Å². The van der Waals surface area contributed by atoms with Gasteiger partial charge in [-0.1, -0.05) is 170 Å². The van der Waals surface area contributed by atoms with E-state index in [1.807, 2.05) is 6.07 Å². The van der Waals surface area contributed by atoms with Gasteiger partial charge in [-0.15, -0.1) is 0 Å². The molecule has 0 unspecified atom stereocenters. The third-order valence-electron chi connectivity index (χ3n) is 8.64. The van der Waals surface area contributed by atoms with Gasteiger partial charge in [0.25, 0.3) is 0 Å². The standard InChI is InChI=1S/C38H60O3/c1-2-3-4-5-6-7-8-9-10-11-12-13-14-15-16-23-28-36-29-30-37(40-32-35-26-21-18-22-27-35)38(41-36)33-39-31-34-24-19-17-20-25-34/h17-22,24-27,36-38H,2-16,23,28-33H2,1H3/t36-,37-,38+/m0/s1. The van der Waals surface area contributed by atoms with E-state index >= 15 is 0 Å². The first kappa shape index (κ1) is 33.8. The van der Waals surface area contributed by atoms with Gasteiger partial charge >= 0.3 is 0 Å². The maximum atomic E-state index is 6.60. The predicted octanol–water partition coefficient (Wildman–Crippen LogP) is 11.0. The van der Waals surface area contributed by atoms with E-state index < -0.39 is 0 Å². The van der Waals surface area contributed by atoms with Gasteiger partial charge in [-0.2, -0.15) is 0 Å². The number of ether oxygens (including phenoxy) is 3. The molecule has 41 heavy (non-hydrogen) atoms. The SMILES string of the molecule is CCCCCCCCCCCCCCCCCC[C@H]1CC[C@H](OCc2ccccc2)[C@@H](COCc2ccccc2)O1. The number of rotatable bonds is 24. The van der Waals surface area contributed by atoms with Crippen molar-refractivity contribution in [3.8, 4) is 0 Å². The van der Waals surface area contributed by atoms with E-state index in [0.29, 0.717) is 25.9 Å². The Morgan fingerprint density at radius 3 is 1.61 bits per heavy atom. The van der Waals surface area contributed by atoms with Crippen molar-refractivity contribution >= 4 is 0 Å². The fourth-order valence-corrected chi connectivity index (χ4v) is 6.05. The molecule has 0 amide bonds. The zero-order valence-corrected chi connectivity index (χ0v) is 26.3.